The molecule has 0 radical (unpaired) electrons. The summed E-state index contributed by atoms with van der Waals surface area (Å²) < 4.78 is 16.9. The first-order chi connectivity index (χ1) is 16.5. The molecule has 7 nitrogen and oxygen atoms in total. The third-order valence-corrected chi connectivity index (χ3v) is 5.54. The van der Waals surface area contributed by atoms with Gasteiger partial charge < -0.3 is 24.4 Å². The van der Waals surface area contributed by atoms with Crippen molar-refractivity contribution in [1.29, 1.82) is 0 Å². The molecule has 34 heavy (non-hydrogen) atoms. The lowest BCUT2D eigenvalue weighted by Crippen LogP contribution is -2.40. The van der Waals surface area contributed by atoms with Crippen molar-refractivity contribution in [2.24, 2.45) is 0 Å². The summed E-state index contributed by atoms with van der Waals surface area (Å²) in [7, 11) is 1.60. The molecule has 1 N–H and O–H groups in total. The zero-order valence-electron chi connectivity index (χ0n) is 19.3. The molecular formula is C27H28N2O5. The van der Waals surface area contributed by atoms with Gasteiger partial charge in [0, 0.05) is 17.8 Å². The van der Waals surface area contributed by atoms with Gasteiger partial charge in [-0.2, -0.15) is 0 Å². The predicted molar refractivity (Wildman–Crippen MR) is 129 cm³/mol. The summed E-state index contributed by atoms with van der Waals surface area (Å²) in [5, 5.41) is 2.94. The summed E-state index contributed by atoms with van der Waals surface area (Å²) in [6.07, 6.45) is -0.380. The molecule has 1 heterocycles. The molecule has 4 rings (SSSR count). The molecule has 7 heteroatoms. The van der Waals surface area contributed by atoms with Gasteiger partial charge in [-0.15, -0.1) is 0 Å². The normalized spacial score (nSPS) is 15.1. The molecule has 0 spiro atoms. The maximum Gasteiger partial charge on any atom is 0.263 e. The van der Waals surface area contributed by atoms with E-state index in [-0.39, 0.29) is 18.2 Å². The van der Waals surface area contributed by atoms with E-state index < -0.39 is 6.10 Å². The number of nitrogens with one attached hydrogen (secondary N) is 1. The van der Waals surface area contributed by atoms with Crippen LogP contribution in [0.15, 0.2) is 72.8 Å². The summed E-state index contributed by atoms with van der Waals surface area (Å²) in [5.74, 6) is 1.87. The second-order valence-electron chi connectivity index (χ2n) is 8.08. The van der Waals surface area contributed by atoms with Crippen molar-refractivity contribution in [3.8, 4) is 17.2 Å². The van der Waals surface area contributed by atoms with Gasteiger partial charge in [0.2, 0.25) is 5.91 Å². The van der Waals surface area contributed by atoms with Crippen molar-refractivity contribution < 1.29 is 23.8 Å². The van der Waals surface area contributed by atoms with Crippen LogP contribution >= 0.6 is 0 Å². The number of hydrogen-bond acceptors (Lipinski definition) is 5. The summed E-state index contributed by atoms with van der Waals surface area (Å²) in [6, 6.07) is 22.4. The van der Waals surface area contributed by atoms with E-state index in [1.165, 1.54) is 0 Å². The molecule has 0 bridgehead atoms. The first-order valence-corrected chi connectivity index (χ1v) is 11.2. The van der Waals surface area contributed by atoms with Crippen molar-refractivity contribution >= 4 is 17.5 Å². The Kier molecular flexibility index (Phi) is 7.32. The van der Waals surface area contributed by atoms with Gasteiger partial charge >= 0.3 is 0 Å². The number of ether oxygens (including phenoxy) is 3. The van der Waals surface area contributed by atoms with Gasteiger partial charge in [-0.1, -0.05) is 30.3 Å². The van der Waals surface area contributed by atoms with Gasteiger partial charge in [0.15, 0.2) is 6.10 Å². The highest BCUT2D eigenvalue weighted by Gasteiger charge is 2.28. The molecule has 3 aromatic rings. The molecule has 1 aliphatic heterocycles. The minimum atomic E-state index is -0.605. The van der Waals surface area contributed by atoms with Crippen LogP contribution in [-0.2, 0) is 22.6 Å². The lowest BCUT2D eigenvalue weighted by Gasteiger charge is -2.22. The molecule has 3 aromatic carbocycles. The van der Waals surface area contributed by atoms with E-state index in [4.69, 9.17) is 14.2 Å². The molecule has 0 saturated carbocycles. The average Bonchev–Trinajstić information content (AvgIpc) is 2.96. The Morgan fingerprint density at radius 3 is 2.65 bits per heavy atom. The SMILES string of the molecule is COc1cccc(CC(=O)Nc2ccc3c(c2)CN(CCOc2ccccc2)C(=O)C(C)O3)c1. The van der Waals surface area contributed by atoms with Crippen LogP contribution in [0.1, 0.15) is 18.1 Å². The highest BCUT2D eigenvalue weighted by atomic mass is 16.5. The second kappa shape index (κ2) is 10.7. The molecule has 0 saturated heterocycles. The summed E-state index contributed by atoms with van der Waals surface area (Å²) in [4.78, 5) is 27.2. The van der Waals surface area contributed by atoms with E-state index >= 15 is 0 Å². The van der Waals surface area contributed by atoms with Crippen molar-refractivity contribution in [2.75, 3.05) is 25.6 Å². The molecule has 1 atom stereocenters. The number of benzene rings is 3. The van der Waals surface area contributed by atoms with Crippen LogP contribution in [0.25, 0.3) is 0 Å². The van der Waals surface area contributed by atoms with Crippen LogP contribution in [0, 0.1) is 0 Å². The van der Waals surface area contributed by atoms with Crippen LogP contribution < -0.4 is 19.5 Å². The number of rotatable bonds is 8. The molecule has 0 aromatic heterocycles. The lowest BCUT2D eigenvalue weighted by molar-refractivity contribution is -0.138. The molecular weight excluding hydrogens is 432 g/mol. The highest BCUT2D eigenvalue weighted by Crippen LogP contribution is 2.29. The van der Waals surface area contributed by atoms with E-state index in [9.17, 15) is 9.59 Å². The summed E-state index contributed by atoms with van der Waals surface area (Å²) in [6.45, 7) is 2.91. The number of fused-ring (bicyclic) bond motifs is 1. The number of nitrogens with zero attached hydrogens (tertiary/aromatic N) is 1. The van der Waals surface area contributed by atoms with Crippen molar-refractivity contribution in [1.82, 2.24) is 4.90 Å². The number of carbonyl (C=O) groups excluding carboxylic acids is 2. The highest BCUT2D eigenvalue weighted by molar-refractivity contribution is 5.92. The zero-order chi connectivity index (χ0) is 23.9. The zero-order valence-corrected chi connectivity index (χ0v) is 19.3. The van der Waals surface area contributed by atoms with Crippen molar-refractivity contribution in [3.63, 3.8) is 0 Å². The largest absolute Gasteiger partial charge is 0.497 e. The standard InChI is InChI=1S/C27H28N2O5/c1-19-27(31)29(13-14-33-23-8-4-3-5-9-23)18-21-17-22(11-12-25(21)34-19)28-26(30)16-20-7-6-10-24(15-20)32-2/h3-12,15,17,19H,13-14,16,18H2,1-2H3,(H,28,30). The van der Waals surface area contributed by atoms with E-state index in [1.54, 1.807) is 31.1 Å². The van der Waals surface area contributed by atoms with Crippen LogP contribution in [0.3, 0.4) is 0 Å². The Morgan fingerprint density at radius 1 is 1.06 bits per heavy atom. The molecule has 1 unspecified atom stereocenters. The summed E-state index contributed by atoms with van der Waals surface area (Å²) >= 11 is 0. The third-order valence-electron chi connectivity index (χ3n) is 5.54. The Morgan fingerprint density at radius 2 is 1.85 bits per heavy atom. The number of carbonyl (C=O) groups is 2. The Balaban J connectivity index is 1.42. The number of para-hydroxylation sites is 1. The van der Waals surface area contributed by atoms with Crippen LogP contribution in [0.2, 0.25) is 0 Å². The van der Waals surface area contributed by atoms with E-state index in [0.29, 0.717) is 36.9 Å². The average molecular weight is 461 g/mol. The maximum atomic E-state index is 12.8. The third kappa shape index (κ3) is 5.86. The second-order valence-corrected chi connectivity index (χ2v) is 8.08. The van der Waals surface area contributed by atoms with Gasteiger partial charge in [-0.05, 0) is 55.0 Å². The fraction of sp³-hybridized carbons (Fsp3) is 0.259. The molecule has 0 aliphatic carbocycles. The monoisotopic (exact) mass is 460 g/mol. The predicted octanol–water partition coefficient (Wildman–Crippen LogP) is 4.06. The van der Waals surface area contributed by atoms with Gasteiger partial charge in [-0.3, -0.25) is 9.59 Å². The Bertz CT molecular complexity index is 1150. The minimum absolute atomic E-state index is 0.100. The molecule has 2 amide bonds. The first-order valence-electron chi connectivity index (χ1n) is 11.2. The fourth-order valence-electron chi connectivity index (χ4n) is 3.83. The number of anilines is 1. The molecule has 176 valence electrons. The summed E-state index contributed by atoms with van der Waals surface area (Å²) in [5.41, 5.74) is 2.34. The van der Waals surface area contributed by atoms with Crippen LogP contribution in [0.5, 0.6) is 17.2 Å². The van der Waals surface area contributed by atoms with E-state index in [0.717, 1.165) is 16.9 Å². The van der Waals surface area contributed by atoms with Gasteiger partial charge in [0.25, 0.3) is 5.91 Å². The van der Waals surface area contributed by atoms with E-state index in [1.807, 2.05) is 60.7 Å². The Labute approximate surface area is 199 Å². The van der Waals surface area contributed by atoms with Gasteiger partial charge in [0.1, 0.15) is 23.9 Å². The first kappa shape index (κ1) is 23.2. The van der Waals surface area contributed by atoms with Crippen molar-refractivity contribution in [2.45, 2.75) is 26.0 Å². The Hall–Kier alpha value is -4.00. The van der Waals surface area contributed by atoms with Crippen LogP contribution in [0.4, 0.5) is 5.69 Å². The topological polar surface area (TPSA) is 77.1 Å². The lowest BCUT2D eigenvalue weighted by atomic mass is 10.1. The van der Waals surface area contributed by atoms with E-state index in [2.05, 4.69) is 5.32 Å². The number of hydrogen-bond donors (Lipinski definition) is 1. The molecule has 1 aliphatic rings. The fourth-order valence-corrected chi connectivity index (χ4v) is 3.83. The maximum absolute atomic E-state index is 12.8. The number of amides is 2. The molecule has 0 fully saturated rings. The van der Waals surface area contributed by atoms with Gasteiger partial charge in [0.05, 0.1) is 20.1 Å². The number of methoxy groups -OCH3 is 1. The smallest absolute Gasteiger partial charge is 0.263 e. The van der Waals surface area contributed by atoms with Gasteiger partial charge in [-0.25, -0.2) is 0 Å². The van der Waals surface area contributed by atoms with Crippen LogP contribution in [-0.4, -0.2) is 43.1 Å². The van der Waals surface area contributed by atoms with Crippen molar-refractivity contribution in [3.05, 3.63) is 83.9 Å². The minimum Gasteiger partial charge on any atom is -0.497 e. The quantitative estimate of drug-likeness (QED) is 0.549.